The second kappa shape index (κ2) is 7.89. The van der Waals surface area contributed by atoms with Crippen LogP contribution in [0.25, 0.3) is 0 Å². The molecule has 0 spiro atoms. The van der Waals surface area contributed by atoms with Gasteiger partial charge in [0.2, 0.25) is 0 Å². The van der Waals surface area contributed by atoms with Crippen molar-refractivity contribution in [3.8, 4) is 0 Å². The minimum atomic E-state index is 0.827. The smallest absolute Gasteiger partial charge is 0.0104 e. The monoisotopic (exact) mass is 210 g/mol. The zero-order valence-corrected chi connectivity index (χ0v) is 10.3. The van der Waals surface area contributed by atoms with Crippen LogP contribution in [0.2, 0.25) is 0 Å². The van der Waals surface area contributed by atoms with Crippen LogP contribution in [-0.4, -0.2) is 37.6 Å². The number of hydrogen-bond donors (Lipinski definition) is 1. The highest BCUT2D eigenvalue weighted by Crippen LogP contribution is 2.16. The topological polar surface area (TPSA) is 15.3 Å². The molecule has 15 heavy (non-hydrogen) atoms. The van der Waals surface area contributed by atoms with Crippen molar-refractivity contribution in [2.75, 3.05) is 26.7 Å². The van der Waals surface area contributed by atoms with Crippen LogP contribution in [0.3, 0.4) is 0 Å². The van der Waals surface area contributed by atoms with E-state index in [4.69, 9.17) is 0 Å². The lowest BCUT2D eigenvalue weighted by atomic mass is 10.0. The standard InChI is InChI=1S/C13H26N2/c1-3-4-6-10-14-11-9-13-8-5-7-12-15(13)2/h3-4,13-14H,5-12H2,1-2H3/b4-3+. The van der Waals surface area contributed by atoms with Crippen LogP contribution in [0.5, 0.6) is 0 Å². The van der Waals surface area contributed by atoms with Crippen molar-refractivity contribution in [1.29, 1.82) is 0 Å². The Morgan fingerprint density at radius 2 is 2.20 bits per heavy atom. The van der Waals surface area contributed by atoms with Crippen molar-refractivity contribution >= 4 is 0 Å². The van der Waals surface area contributed by atoms with E-state index in [2.05, 4.69) is 36.3 Å². The number of likely N-dealkylation sites (tertiary alicyclic amines) is 1. The summed E-state index contributed by atoms with van der Waals surface area (Å²) in [7, 11) is 2.27. The van der Waals surface area contributed by atoms with Gasteiger partial charge in [0.05, 0.1) is 0 Å². The minimum absolute atomic E-state index is 0.827. The van der Waals surface area contributed by atoms with E-state index in [0.29, 0.717) is 0 Å². The second-order valence-electron chi connectivity index (χ2n) is 4.53. The van der Waals surface area contributed by atoms with Crippen molar-refractivity contribution in [1.82, 2.24) is 10.2 Å². The minimum Gasteiger partial charge on any atom is -0.316 e. The molecule has 1 saturated heterocycles. The molecule has 0 aromatic carbocycles. The highest BCUT2D eigenvalue weighted by molar-refractivity contribution is 4.78. The Balaban J connectivity index is 1.98. The molecule has 1 rings (SSSR count). The number of nitrogens with zero attached hydrogens (tertiary/aromatic N) is 1. The Hall–Kier alpha value is -0.340. The van der Waals surface area contributed by atoms with Crippen molar-refractivity contribution in [2.24, 2.45) is 0 Å². The van der Waals surface area contributed by atoms with E-state index in [9.17, 15) is 0 Å². The first-order chi connectivity index (χ1) is 7.34. The maximum Gasteiger partial charge on any atom is 0.0104 e. The van der Waals surface area contributed by atoms with E-state index in [0.717, 1.165) is 19.0 Å². The summed E-state index contributed by atoms with van der Waals surface area (Å²) in [5, 5.41) is 3.51. The summed E-state index contributed by atoms with van der Waals surface area (Å²) in [5.74, 6) is 0. The number of nitrogens with one attached hydrogen (secondary N) is 1. The number of allylic oxidation sites excluding steroid dienone is 1. The van der Waals surface area contributed by atoms with Crippen LogP contribution in [0.4, 0.5) is 0 Å². The predicted molar refractivity (Wildman–Crippen MR) is 67.2 cm³/mol. The molecule has 2 heteroatoms. The first-order valence-electron chi connectivity index (χ1n) is 6.36. The van der Waals surface area contributed by atoms with Gasteiger partial charge < -0.3 is 10.2 Å². The molecule has 1 aliphatic rings. The molecule has 0 amide bonds. The Morgan fingerprint density at radius 1 is 1.33 bits per heavy atom. The van der Waals surface area contributed by atoms with Gasteiger partial charge in [0.1, 0.15) is 0 Å². The summed E-state index contributed by atoms with van der Waals surface area (Å²) in [5.41, 5.74) is 0. The van der Waals surface area contributed by atoms with Crippen LogP contribution < -0.4 is 5.32 Å². The summed E-state index contributed by atoms with van der Waals surface area (Å²) in [6, 6.07) is 0.827. The molecule has 0 radical (unpaired) electrons. The number of hydrogen-bond acceptors (Lipinski definition) is 2. The second-order valence-corrected chi connectivity index (χ2v) is 4.53. The lowest BCUT2D eigenvalue weighted by molar-refractivity contribution is 0.176. The molecule has 1 aliphatic heterocycles. The van der Waals surface area contributed by atoms with E-state index < -0.39 is 0 Å². The van der Waals surface area contributed by atoms with E-state index in [1.54, 1.807) is 0 Å². The molecular formula is C13H26N2. The van der Waals surface area contributed by atoms with Crippen LogP contribution >= 0.6 is 0 Å². The zero-order chi connectivity index (χ0) is 10.9. The van der Waals surface area contributed by atoms with Crippen molar-refractivity contribution < 1.29 is 0 Å². The first-order valence-corrected chi connectivity index (χ1v) is 6.36. The van der Waals surface area contributed by atoms with Gasteiger partial charge in [-0.25, -0.2) is 0 Å². The van der Waals surface area contributed by atoms with Gasteiger partial charge in [-0.05, 0) is 59.3 Å². The summed E-state index contributed by atoms with van der Waals surface area (Å²) in [6.45, 7) is 5.67. The third-order valence-electron chi connectivity index (χ3n) is 3.30. The largest absolute Gasteiger partial charge is 0.316 e. The molecule has 0 aromatic heterocycles. The average Bonchev–Trinajstić information content (AvgIpc) is 2.25. The molecule has 1 unspecified atom stereocenters. The van der Waals surface area contributed by atoms with Gasteiger partial charge in [0.25, 0.3) is 0 Å². The Morgan fingerprint density at radius 3 is 2.93 bits per heavy atom. The van der Waals surface area contributed by atoms with Gasteiger partial charge in [-0.2, -0.15) is 0 Å². The molecular weight excluding hydrogens is 184 g/mol. The maximum atomic E-state index is 3.51. The molecule has 1 atom stereocenters. The Labute approximate surface area is 94.7 Å². The third kappa shape index (κ3) is 5.33. The van der Waals surface area contributed by atoms with Gasteiger partial charge in [0, 0.05) is 6.04 Å². The van der Waals surface area contributed by atoms with Crippen molar-refractivity contribution in [2.45, 2.75) is 45.1 Å². The fourth-order valence-electron chi connectivity index (χ4n) is 2.25. The molecule has 0 aliphatic carbocycles. The molecule has 1 N–H and O–H groups in total. The van der Waals surface area contributed by atoms with E-state index in [1.807, 2.05) is 0 Å². The Kier molecular flexibility index (Phi) is 6.69. The quantitative estimate of drug-likeness (QED) is 0.535. The normalized spacial score (nSPS) is 23.7. The van der Waals surface area contributed by atoms with Gasteiger partial charge in [-0.15, -0.1) is 0 Å². The summed E-state index contributed by atoms with van der Waals surface area (Å²) in [6.07, 6.45) is 11.0. The van der Waals surface area contributed by atoms with Crippen LogP contribution in [0.1, 0.15) is 39.0 Å². The molecule has 0 saturated carbocycles. The number of rotatable bonds is 6. The van der Waals surface area contributed by atoms with Gasteiger partial charge >= 0.3 is 0 Å². The molecule has 0 bridgehead atoms. The highest BCUT2D eigenvalue weighted by Gasteiger charge is 2.17. The predicted octanol–water partition coefficient (Wildman–Crippen LogP) is 2.42. The molecule has 1 fully saturated rings. The van der Waals surface area contributed by atoms with E-state index in [-0.39, 0.29) is 0 Å². The fourth-order valence-corrected chi connectivity index (χ4v) is 2.25. The van der Waals surface area contributed by atoms with Crippen molar-refractivity contribution in [3.63, 3.8) is 0 Å². The molecule has 1 heterocycles. The van der Waals surface area contributed by atoms with Crippen molar-refractivity contribution in [3.05, 3.63) is 12.2 Å². The van der Waals surface area contributed by atoms with E-state index >= 15 is 0 Å². The van der Waals surface area contributed by atoms with Gasteiger partial charge in [0.15, 0.2) is 0 Å². The fraction of sp³-hybridized carbons (Fsp3) is 0.846. The highest BCUT2D eigenvalue weighted by atomic mass is 15.1. The third-order valence-corrected chi connectivity index (χ3v) is 3.30. The summed E-state index contributed by atoms with van der Waals surface area (Å²) < 4.78 is 0. The summed E-state index contributed by atoms with van der Waals surface area (Å²) >= 11 is 0. The maximum absolute atomic E-state index is 3.51. The SMILES string of the molecule is C/C=C/CCNCCC1CCCCN1C. The van der Waals surface area contributed by atoms with Crippen LogP contribution in [0, 0.1) is 0 Å². The van der Waals surface area contributed by atoms with Crippen LogP contribution in [-0.2, 0) is 0 Å². The van der Waals surface area contributed by atoms with Gasteiger partial charge in [-0.3, -0.25) is 0 Å². The van der Waals surface area contributed by atoms with E-state index in [1.165, 1.54) is 38.8 Å². The van der Waals surface area contributed by atoms with Gasteiger partial charge in [-0.1, -0.05) is 18.6 Å². The lowest BCUT2D eigenvalue weighted by Gasteiger charge is -2.32. The molecule has 0 aromatic rings. The zero-order valence-electron chi connectivity index (χ0n) is 10.3. The first kappa shape index (κ1) is 12.7. The number of piperidine rings is 1. The average molecular weight is 210 g/mol. The Bertz CT molecular complexity index is 177. The van der Waals surface area contributed by atoms with Crippen LogP contribution in [0.15, 0.2) is 12.2 Å². The summed E-state index contributed by atoms with van der Waals surface area (Å²) in [4.78, 5) is 2.52. The lowest BCUT2D eigenvalue weighted by Crippen LogP contribution is -2.38. The molecule has 2 nitrogen and oxygen atoms in total. The molecule has 88 valence electrons.